The fourth-order valence-corrected chi connectivity index (χ4v) is 2.57. The van der Waals surface area contributed by atoms with Crippen molar-refractivity contribution >= 4 is 5.91 Å². The van der Waals surface area contributed by atoms with Gasteiger partial charge in [-0.1, -0.05) is 13.0 Å². The minimum Gasteiger partial charge on any atom is -0.336 e. The lowest BCUT2D eigenvalue weighted by Crippen LogP contribution is -2.51. The Morgan fingerprint density at radius 2 is 2.00 bits per heavy atom. The van der Waals surface area contributed by atoms with Gasteiger partial charge in [0.1, 0.15) is 0 Å². The molecule has 1 aromatic rings. The number of benzene rings is 1. The molecule has 0 bridgehead atoms. The molecule has 0 spiro atoms. The summed E-state index contributed by atoms with van der Waals surface area (Å²) in [5, 5.41) is 18.0. The molecule has 1 heterocycles. The van der Waals surface area contributed by atoms with Crippen LogP contribution in [0.3, 0.4) is 0 Å². The second kappa shape index (κ2) is 6.88. The molecule has 1 aliphatic rings. The van der Waals surface area contributed by atoms with Gasteiger partial charge >= 0.3 is 0 Å². The van der Waals surface area contributed by atoms with Crippen molar-refractivity contribution in [1.29, 1.82) is 10.5 Å². The van der Waals surface area contributed by atoms with Crippen LogP contribution >= 0.6 is 0 Å². The summed E-state index contributed by atoms with van der Waals surface area (Å²) < 4.78 is 0. The van der Waals surface area contributed by atoms with Crippen molar-refractivity contribution in [3.63, 3.8) is 0 Å². The number of carbonyl (C=O) groups is 1. The lowest BCUT2D eigenvalue weighted by molar-refractivity contribution is 0.0604. The van der Waals surface area contributed by atoms with Crippen LogP contribution in [-0.2, 0) is 0 Å². The Morgan fingerprint density at radius 1 is 1.29 bits per heavy atom. The smallest absolute Gasteiger partial charge is 0.253 e. The first-order valence-corrected chi connectivity index (χ1v) is 7.12. The number of rotatable bonds is 3. The zero-order valence-corrected chi connectivity index (χ0v) is 12.1. The van der Waals surface area contributed by atoms with Gasteiger partial charge in [0.05, 0.1) is 23.7 Å². The molecule has 1 amide bonds. The van der Waals surface area contributed by atoms with E-state index in [1.165, 1.54) is 0 Å². The normalized spacial score (nSPS) is 16.8. The molecule has 1 fully saturated rings. The van der Waals surface area contributed by atoms with E-state index in [0.717, 1.165) is 19.5 Å². The van der Waals surface area contributed by atoms with E-state index in [9.17, 15) is 4.79 Å². The van der Waals surface area contributed by atoms with Crippen molar-refractivity contribution in [2.45, 2.75) is 19.4 Å². The monoisotopic (exact) mass is 282 g/mol. The van der Waals surface area contributed by atoms with Crippen LogP contribution in [0.15, 0.2) is 24.3 Å². The van der Waals surface area contributed by atoms with Crippen molar-refractivity contribution in [2.24, 2.45) is 0 Å². The zero-order chi connectivity index (χ0) is 15.2. The maximum Gasteiger partial charge on any atom is 0.253 e. The fourth-order valence-electron chi connectivity index (χ4n) is 2.57. The molecule has 0 N–H and O–H groups in total. The summed E-state index contributed by atoms with van der Waals surface area (Å²) in [5.41, 5.74) is 1.05. The van der Waals surface area contributed by atoms with Crippen LogP contribution < -0.4 is 0 Å². The van der Waals surface area contributed by atoms with E-state index in [1.807, 2.05) is 13.0 Å². The molecule has 5 heteroatoms. The third-order valence-electron chi connectivity index (χ3n) is 3.82. The number of nitrogens with zero attached hydrogens (tertiary/aromatic N) is 4. The summed E-state index contributed by atoms with van der Waals surface area (Å²) in [6.07, 6.45) is 0.800. The molecule has 0 aromatic heterocycles. The number of nitriles is 2. The van der Waals surface area contributed by atoms with Gasteiger partial charge in [0, 0.05) is 31.7 Å². The van der Waals surface area contributed by atoms with Crippen LogP contribution in [0.2, 0.25) is 0 Å². The largest absolute Gasteiger partial charge is 0.336 e. The topological polar surface area (TPSA) is 71.1 Å². The second-order valence-corrected chi connectivity index (χ2v) is 5.07. The van der Waals surface area contributed by atoms with Gasteiger partial charge in [-0.15, -0.1) is 0 Å². The standard InChI is InChI=1S/C16H18N4O/c1-2-15(12-18)19-6-8-20(9-7-19)16(21)14-5-3-4-13(10-14)11-17/h3-5,10,15H,2,6-9H2,1H3. The molecule has 0 radical (unpaired) electrons. The van der Waals surface area contributed by atoms with Gasteiger partial charge in [-0.05, 0) is 24.6 Å². The minimum atomic E-state index is -0.0656. The number of hydrogen-bond donors (Lipinski definition) is 0. The zero-order valence-electron chi connectivity index (χ0n) is 12.1. The Hall–Kier alpha value is -2.37. The number of carbonyl (C=O) groups excluding carboxylic acids is 1. The highest BCUT2D eigenvalue weighted by atomic mass is 16.2. The Labute approximate surface area is 125 Å². The summed E-state index contributed by atoms with van der Waals surface area (Å²) >= 11 is 0. The van der Waals surface area contributed by atoms with Gasteiger partial charge in [-0.25, -0.2) is 0 Å². The molecule has 21 heavy (non-hydrogen) atoms. The average Bonchev–Trinajstić information content (AvgIpc) is 2.56. The Bertz CT molecular complexity index is 591. The number of amides is 1. The molecular weight excluding hydrogens is 264 g/mol. The highest BCUT2D eigenvalue weighted by Crippen LogP contribution is 2.13. The van der Waals surface area contributed by atoms with E-state index < -0.39 is 0 Å². The van der Waals surface area contributed by atoms with Crippen molar-refractivity contribution < 1.29 is 4.79 Å². The molecule has 1 saturated heterocycles. The van der Waals surface area contributed by atoms with Crippen LogP contribution in [0.5, 0.6) is 0 Å². The van der Waals surface area contributed by atoms with E-state index >= 15 is 0 Å². The van der Waals surface area contributed by atoms with E-state index in [0.29, 0.717) is 24.2 Å². The van der Waals surface area contributed by atoms with E-state index in [1.54, 1.807) is 29.2 Å². The summed E-state index contributed by atoms with van der Waals surface area (Å²) in [6, 6.07) is 11.1. The predicted octanol–water partition coefficient (Wildman–Crippen LogP) is 1.62. The molecule has 108 valence electrons. The average molecular weight is 282 g/mol. The van der Waals surface area contributed by atoms with Crippen LogP contribution in [0.1, 0.15) is 29.3 Å². The van der Waals surface area contributed by atoms with E-state index in [4.69, 9.17) is 10.5 Å². The first kappa shape index (κ1) is 15.0. The third-order valence-corrected chi connectivity index (χ3v) is 3.82. The van der Waals surface area contributed by atoms with Gasteiger partial charge in [-0.3, -0.25) is 9.69 Å². The summed E-state index contributed by atoms with van der Waals surface area (Å²) in [5.74, 6) is -0.0447. The number of hydrogen-bond acceptors (Lipinski definition) is 4. The van der Waals surface area contributed by atoms with Gasteiger partial charge in [0.2, 0.25) is 0 Å². The van der Waals surface area contributed by atoms with Crippen molar-refractivity contribution in [3.8, 4) is 12.1 Å². The van der Waals surface area contributed by atoms with E-state index in [2.05, 4.69) is 11.0 Å². The van der Waals surface area contributed by atoms with Crippen LogP contribution in [0, 0.1) is 22.7 Å². The van der Waals surface area contributed by atoms with E-state index in [-0.39, 0.29) is 11.9 Å². The van der Waals surface area contributed by atoms with Gasteiger partial charge in [0.15, 0.2) is 0 Å². The second-order valence-electron chi connectivity index (χ2n) is 5.07. The summed E-state index contributed by atoms with van der Waals surface area (Å²) in [4.78, 5) is 16.3. The first-order valence-electron chi connectivity index (χ1n) is 7.12. The maximum atomic E-state index is 12.4. The number of piperazine rings is 1. The lowest BCUT2D eigenvalue weighted by Gasteiger charge is -2.36. The highest BCUT2D eigenvalue weighted by Gasteiger charge is 2.25. The van der Waals surface area contributed by atoms with Crippen molar-refractivity contribution in [1.82, 2.24) is 9.80 Å². The van der Waals surface area contributed by atoms with Gasteiger partial charge in [-0.2, -0.15) is 10.5 Å². The SMILES string of the molecule is CCC(C#N)N1CCN(C(=O)c2cccc(C#N)c2)CC1. The third kappa shape index (κ3) is 3.39. The van der Waals surface area contributed by atoms with Crippen LogP contribution in [0.4, 0.5) is 0 Å². The molecule has 0 aliphatic carbocycles. The molecule has 0 saturated carbocycles. The Kier molecular flexibility index (Phi) is 4.92. The highest BCUT2D eigenvalue weighted by molar-refractivity contribution is 5.94. The summed E-state index contributed by atoms with van der Waals surface area (Å²) in [7, 11) is 0. The van der Waals surface area contributed by atoms with Crippen molar-refractivity contribution in [2.75, 3.05) is 26.2 Å². The van der Waals surface area contributed by atoms with Crippen LogP contribution in [0.25, 0.3) is 0 Å². The molecule has 1 unspecified atom stereocenters. The van der Waals surface area contributed by atoms with Gasteiger partial charge in [0.25, 0.3) is 5.91 Å². The Balaban J connectivity index is 2.00. The van der Waals surface area contributed by atoms with Gasteiger partial charge < -0.3 is 4.90 Å². The molecular formula is C16H18N4O. The fraction of sp³-hybridized carbons (Fsp3) is 0.438. The molecule has 1 aromatic carbocycles. The minimum absolute atomic E-state index is 0.0447. The van der Waals surface area contributed by atoms with Crippen LogP contribution in [-0.4, -0.2) is 47.9 Å². The Morgan fingerprint density at radius 3 is 2.57 bits per heavy atom. The maximum absolute atomic E-state index is 12.4. The molecule has 5 nitrogen and oxygen atoms in total. The predicted molar refractivity (Wildman–Crippen MR) is 78.3 cm³/mol. The molecule has 1 atom stereocenters. The quantitative estimate of drug-likeness (QED) is 0.844. The lowest BCUT2D eigenvalue weighted by atomic mass is 10.1. The molecule has 2 rings (SSSR count). The molecule has 1 aliphatic heterocycles. The summed E-state index contributed by atoms with van der Waals surface area (Å²) in [6.45, 7) is 4.67. The van der Waals surface area contributed by atoms with Crippen molar-refractivity contribution in [3.05, 3.63) is 35.4 Å². The first-order chi connectivity index (χ1) is 10.2.